The van der Waals surface area contributed by atoms with Gasteiger partial charge in [0.15, 0.2) is 0 Å². The van der Waals surface area contributed by atoms with Crippen molar-refractivity contribution in [3.63, 3.8) is 0 Å². The molecule has 3 rings (SSSR count). The summed E-state index contributed by atoms with van der Waals surface area (Å²) < 4.78 is 0.893. The fraction of sp³-hybridized carbons (Fsp3) is 0.588. The number of carbonyl (C=O) groups excluding carboxylic acids is 1. The monoisotopic (exact) mass is 369 g/mol. The first-order valence-corrected chi connectivity index (χ1v) is 8.62. The second-order valence-electron chi connectivity index (χ2n) is 7.77. The minimum absolute atomic E-state index is 0.0766. The molecule has 21 heavy (non-hydrogen) atoms. The second-order valence-corrected chi connectivity index (χ2v) is 9.09. The van der Waals surface area contributed by atoms with Crippen LogP contribution in [0.2, 0.25) is 5.02 Å². The van der Waals surface area contributed by atoms with Crippen molar-refractivity contribution in [2.45, 2.75) is 46.1 Å². The van der Waals surface area contributed by atoms with E-state index in [1.807, 2.05) is 12.1 Å². The average Bonchev–Trinajstić information content (AvgIpc) is 2.61. The molecule has 1 aromatic carbocycles. The van der Waals surface area contributed by atoms with Crippen molar-refractivity contribution in [1.82, 2.24) is 4.90 Å². The number of rotatable bonds is 1. The zero-order valence-corrected chi connectivity index (χ0v) is 15.1. The first kappa shape index (κ1) is 15.4. The number of halogens is 2. The number of benzene rings is 1. The van der Waals surface area contributed by atoms with E-state index >= 15 is 0 Å². The van der Waals surface area contributed by atoms with Gasteiger partial charge in [-0.1, -0.05) is 48.3 Å². The van der Waals surface area contributed by atoms with Crippen LogP contribution >= 0.6 is 27.5 Å². The Morgan fingerprint density at radius 2 is 2.05 bits per heavy atom. The van der Waals surface area contributed by atoms with Gasteiger partial charge in [-0.05, 0) is 48.3 Å². The summed E-state index contributed by atoms with van der Waals surface area (Å²) in [6.45, 7) is 7.80. The zero-order valence-electron chi connectivity index (χ0n) is 12.7. The maximum Gasteiger partial charge on any atom is 0.255 e. The van der Waals surface area contributed by atoms with Crippen molar-refractivity contribution in [3.05, 3.63) is 33.3 Å². The Labute approximate surface area is 140 Å². The normalized spacial score (nSPS) is 30.5. The Bertz CT molecular complexity index is 600. The van der Waals surface area contributed by atoms with Gasteiger partial charge in [-0.3, -0.25) is 4.79 Å². The number of hydrogen-bond donors (Lipinski definition) is 0. The summed E-state index contributed by atoms with van der Waals surface area (Å²) in [5.74, 6) is 0.0766. The third-order valence-electron chi connectivity index (χ3n) is 4.83. The predicted molar refractivity (Wildman–Crippen MR) is 89.7 cm³/mol. The molecule has 2 fully saturated rings. The minimum Gasteiger partial charge on any atom is -0.335 e. The van der Waals surface area contributed by atoms with Gasteiger partial charge in [0.25, 0.3) is 5.91 Å². The largest absolute Gasteiger partial charge is 0.335 e. The SMILES string of the molecule is CC1(C)CC2CC(C)(CN2C(=O)c2cc(Br)ccc2Cl)C1. The highest BCUT2D eigenvalue weighted by Gasteiger charge is 2.51. The smallest absolute Gasteiger partial charge is 0.255 e. The quantitative estimate of drug-likeness (QED) is 0.670. The van der Waals surface area contributed by atoms with Gasteiger partial charge in [0.05, 0.1) is 10.6 Å². The molecule has 2 atom stereocenters. The van der Waals surface area contributed by atoms with Crippen LogP contribution in [-0.4, -0.2) is 23.4 Å². The molecule has 4 heteroatoms. The standard InChI is InChI=1S/C17H21BrClNO/c1-16(2)7-12-8-17(3,9-16)10-20(12)15(21)13-6-11(18)4-5-14(13)19/h4-6,12H,7-10H2,1-3H3. The molecule has 2 nitrogen and oxygen atoms in total. The highest BCUT2D eigenvalue weighted by molar-refractivity contribution is 9.10. The van der Waals surface area contributed by atoms with Crippen LogP contribution in [0.15, 0.2) is 22.7 Å². The maximum absolute atomic E-state index is 12.9. The van der Waals surface area contributed by atoms with Crippen molar-refractivity contribution < 1.29 is 4.79 Å². The Kier molecular flexibility index (Phi) is 3.65. The molecular formula is C17H21BrClNO. The van der Waals surface area contributed by atoms with Crippen LogP contribution in [0.5, 0.6) is 0 Å². The van der Waals surface area contributed by atoms with Gasteiger partial charge in [0.2, 0.25) is 0 Å². The van der Waals surface area contributed by atoms with Crippen LogP contribution in [0, 0.1) is 10.8 Å². The van der Waals surface area contributed by atoms with E-state index < -0.39 is 0 Å². The Morgan fingerprint density at radius 1 is 1.33 bits per heavy atom. The molecule has 2 aliphatic rings. The molecule has 2 bridgehead atoms. The highest BCUT2D eigenvalue weighted by atomic mass is 79.9. The summed E-state index contributed by atoms with van der Waals surface area (Å²) in [5.41, 5.74) is 1.17. The first-order valence-electron chi connectivity index (χ1n) is 7.45. The van der Waals surface area contributed by atoms with Gasteiger partial charge in [0.1, 0.15) is 0 Å². The molecule has 114 valence electrons. The van der Waals surface area contributed by atoms with Gasteiger partial charge >= 0.3 is 0 Å². The number of amides is 1. The number of hydrogen-bond acceptors (Lipinski definition) is 1. The maximum atomic E-state index is 12.9. The van der Waals surface area contributed by atoms with E-state index in [2.05, 4.69) is 41.6 Å². The van der Waals surface area contributed by atoms with Gasteiger partial charge < -0.3 is 4.90 Å². The van der Waals surface area contributed by atoms with E-state index in [1.54, 1.807) is 6.07 Å². The molecule has 1 aliphatic carbocycles. The molecule has 0 spiro atoms. The Hall–Kier alpha value is -0.540. The number of likely N-dealkylation sites (tertiary alicyclic amines) is 1. The van der Waals surface area contributed by atoms with E-state index in [9.17, 15) is 4.79 Å². The van der Waals surface area contributed by atoms with Crippen LogP contribution in [0.1, 0.15) is 50.4 Å². The zero-order chi connectivity index (χ0) is 15.4. The van der Waals surface area contributed by atoms with Crippen LogP contribution in [-0.2, 0) is 0 Å². The molecule has 1 saturated heterocycles. The van der Waals surface area contributed by atoms with Crippen molar-refractivity contribution in [2.24, 2.45) is 10.8 Å². The summed E-state index contributed by atoms with van der Waals surface area (Å²) in [6.07, 6.45) is 3.39. The van der Waals surface area contributed by atoms with E-state index in [0.29, 0.717) is 22.0 Å². The van der Waals surface area contributed by atoms with Gasteiger partial charge in [-0.15, -0.1) is 0 Å². The fourth-order valence-electron chi connectivity index (χ4n) is 4.51. The van der Waals surface area contributed by atoms with Crippen LogP contribution in [0.3, 0.4) is 0 Å². The second kappa shape index (κ2) is 4.99. The molecule has 0 radical (unpaired) electrons. The van der Waals surface area contributed by atoms with Gasteiger partial charge in [-0.25, -0.2) is 0 Å². The number of nitrogens with zero attached hydrogens (tertiary/aromatic N) is 1. The number of fused-ring (bicyclic) bond motifs is 2. The average molecular weight is 371 g/mol. The third kappa shape index (κ3) is 2.87. The third-order valence-corrected chi connectivity index (χ3v) is 5.66. The molecule has 1 aliphatic heterocycles. The topological polar surface area (TPSA) is 20.3 Å². The van der Waals surface area contributed by atoms with Crippen molar-refractivity contribution >= 4 is 33.4 Å². The molecule has 0 aromatic heterocycles. The van der Waals surface area contributed by atoms with E-state index in [-0.39, 0.29) is 11.3 Å². The fourth-order valence-corrected chi connectivity index (χ4v) is 5.07. The minimum atomic E-state index is 0.0766. The summed E-state index contributed by atoms with van der Waals surface area (Å²) in [7, 11) is 0. The van der Waals surface area contributed by atoms with Crippen molar-refractivity contribution in [2.75, 3.05) is 6.54 Å². The molecule has 0 N–H and O–H groups in total. The van der Waals surface area contributed by atoms with E-state index in [0.717, 1.165) is 23.9 Å². The van der Waals surface area contributed by atoms with Gasteiger partial charge in [-0.2, -0.15) is 0 Å². The predicted octanol–water partition coefficient (Wildman–Crippen LogP) is 5.14. The van der Waals surface area contributed by atoms with Crippen LogP contribution in [0.25, 0.3) is 0 Å². The molecule has 1 amide bonds. The molecule has 1 aromatic rings. The highest BCUT2D eigenvalue weighted by Crippen LogP contribution is 2.52. The molecule has 1 heterocycles. The molecule has 2 unspecified atom stereocenters. The lowest BCUT2D eigenvalue weighted by molar-refractivity contribution is 0.0708. The van der Waals surface area contributed by atoms with Crippen molar-refractivity contribution in [1.29, 1.82) is 0 Å². The van der Waals surface area contributed by atoms with E-state index in [1.165, 1.54) is 6.42 Å². The van der Waals surface area contributed by atoms with Crippen LogP contribution < -0.4 is 0 Å². The van der Waals surface area contributed by atoms with Gasteiger partial charge in [0, 0.05) is 17.1 Å². The summed E-state index contributed by atoms with van der Waals surface area (Å²) in [6, 6.07) is 5.83. The lowest BCUT2D eigenvalue weighted by atomic mass is 9.65. The Balaban J connectivity index is 1.91. The summed E-state index contributed by atoms with van der Waals surface area (Å²) in [5, 5.41) is 0.536. The number of carbonyl (C=O) groups is 1. The molecular weight excluding hydrogens is 350 g/mol. The lowest BCUT2D eigenvalue weighted by Crippen LogP contribution is -2.37. The van der Waals surface area contributed by atoms with Crippen molar-refractivity contribution in [3.8, 4) is 0 Å². The molecule has 1 saturated carbocycles. The summed E-state index contributed by atoms with van der Waals surface area (Å²) >= 11 is 9.66. The first-order chi connectivity index (χ1) is 9.69. The summed E-state index contributed by atoms with van der Waals surface area (Å²) in [4.78, 5) is 15.0. The Morgan fingerprint density at radius 3 is 2.76 bits per heavy atom. The van der Waals surface area contributed by atoms with Crippen LogP contribution in [0.4, 0.5) is 0 Å². The van der Waals surface area contributed by atoms with E-state index in [4.69, 9.17) is 11.6 Å². The lowest BCUT2D eigenvalue weighted by Gasteiger charge is -2.39.